The summed E-state index contributed by atoms with van der Waals surface area (Å²) in [5, 5.41) is 17.6. The fourth-order valence-electron chi connectivity index (χ4n) is 4.23. The molecule has 186 valence electrons. The predicted molar refractivity (Wildman–Crippen MR) is 132 cm³/mol. The van der Waals surface area contributed by atoms with E-state index in [4.69, 9.17) is 10.6 Å². The summed E-state index contributed by atoms with van der Waals surface area (Å²) in [5.41, 5.74) is 8.30. The zero-order valence-corrected chi connectivity index (χ0v) is 20.9. The summed E-state index contributed by atoms with van der Waals surface area (Å²) in [7, 11) is 1.29. The first-order valence-electron chi connectivity index (χ1n) is 10.8. The second kappa shape index (κ2) is 9.28. The van der Waals surface area contributed by atoms with Gasteiger partial charge >= 0.3 is 5.97 Å². The van der Waals surface area contributed by atoms with Crippen molar-refractivity contribution in [3.63, 3.8) is 0 Å². The minimum absolute atomic E-state index is 0.0493. The van der Waals surface area contributed by atoms with E-state index in [1.165, 1.54) is 23.8 Å². The number of carboxylic acid groups (broad SMARTS) is 1. The van der Waals surface area contributed by atoms with Gasteiger partial charge in [-0.05, 0) is 18.6 Å². The van der Waals surface area contributed by atoms with Crippen molar-refractivity contribution in [3.05, 3.63) is 58.6 Å². The number of nitrogens with one attached hydrogen (secondary N) is 1. The summed E-state index contributed by atoms with van der Waals surface area (Å²) in [6, 6.07) is 3.08. The SMILES string of the molecule is CON=C(C(=O)N[C@@H]1C(=O)N2C(C(=O)O)=C(C[n+]3ccn4ccc(C)cc43)CS[C@@H]12)c1csc(N)n1. The molecule has 1 fully saturated rings. The number of carbonyl (C=O) groups is 3. The van der Waals surface area contributed by atoms with E-state index >= 15 is 0 Å². The molecule has 5 heterocycles. The highest BCUT2D eigenvalue weighted by atomic mass is 32.2. The molecular weight excluding hydrogens is 506 g/mol. The standard InChI is InChI=1S/C22H21N7O5S2/c1-11-3-4-27-5-6-28(14(27)7-11)8-12-9-35-20-16(19(31)29(20)17(12)21(32)33)25-18(30)15(26-34-2)13-10-36-22(23)24-13/h3-7,10,16,20H,8-9H2,1-2H3,(H3-,23,24,25,30,32,33)/p+1/t16-,20+/m1/s1. The highest BCUT2D eigenvalue weighted by Crippen LogP contribution is 2.40. The van der Waals surface area contributed by atoms with Gasteiger partial charge in [0.1, 0.15) is 48.9 Å². The number of nitrogen functional groups attached to an aromatic ring is 1. The van der Waals surface area contributed by atoms with Crippen molar-refractivity contribution in [3.8, 4) is 0 Å². The number of hydrogen-bond donors (Lipinski definition) is 3. The Kier molecular flexibility index (Phi) is 6.14. The minimum atomic E-state index is -1.19. The molecule has 12 nitrogen and oxygen atoms in total. The van der Waals surface area contributed by atoms with Crippen LogP contribution in [0.15, 0.2) is 52.5 Å². The van der Waals surface area contributed by atoms with Crippen LogP contribution >= 0.6 is 23.1 Å². The van der Waals surface area contributed by atoms with Gasteiger partial charge in [-0.3, -0.25) is 14.5 Å². The quantitative estimate of drug-likeness (QED) is 0.172. The monoisotopic (exact) mass is 528 g/mol. The number of pyridine rings is 1. The largest absolute Gasteiger partial charge is 0.477 e. The van der Waals surface area contributed by atoms with Crippen LogP contribution in [0.5, 0.6) is 0 Å². The molecule has 36 heavy (non-hydrogen) atoms. The number of carbonyl (C=O) groups excluding carboxylic acids is 2. The van der Waals surface area contributed by atoms with E-state index in [0.29, 0.717) is 17.9 Å². The second-order valence-corrected chi connectivity index (χ2v) is 10.2. The molecule has 2 atom stereocenters. The molecule has 0 aliphatic carbocycles. The highest BCUT2D eigenvalue weighted by molar-refractivity contribution is 8.00. The Balaban J connectivity index is 1.38. The third-order valence-electron chi connectivity index (χ3n) is 5.88. The molecule has 1 saturated heterocycles. The van der Waals surface area contributed by atoms with E-state index in [1.807, 2.05) is 46.6 Å². The van der Waals surface area contributed by atoms with Crippen molar-refractivity contribution in [2.75, 3.05) is 18.6 Å². The normalized spacial score (nSPS) is 19.8. The van der Waals surface area contributed by atoms with Gasteiger partial charge in [0.2, 0.25) is 0 Å². The Morgan fingerprint density at radius 2 is 2.22 bits per heavy atom. The summed E-state index contributed by atoms with van der Waals surface area (Å²) < 4.78 is 3.89. The van der Waals surface area contributed by atoms with Crippen LogP contribution in [-0.2, 0) is 25.8 Å². The van der Waals surface area contributed by atoms with Crippen molar-refractivity contribution in [1.82, 2.24) is 19.6 Å². The maximum Gasteiger partial charge on any atom is 0.352 e. The van der Waals surface area contributed by atoms with Crippen molar-refractivity contribution in [2.45, 2.75) is 24.9 Å². The van der Waals surface area contributed by atoms with Crippen LogP contribution in [-0.4, -0.2) is 67.2 Å². The molecule has 0 bridgehead atoms. The number of oxime groups is 1. The number of rotatable bonds is 7. The molecule has 0 radical (unpaired) electrons. The Labute approximate surface area is 213 Å². The zero-order chi connectivity index (χ0) is 25.6. The van der Waals surface area contributed by atoms with E-state index < -0.39 is 29.2 Å². The zero-order valence-electron chi connectivity index (χ0n) is 19.2. The highest BCUT2D eigenvalue weighted by Gasteiger charge is 2.54. The molecule has 3 aromatic rings. The molecule has 14 heteroatoms. The number of nitrogens with zero attached hydrogens (tertiary/aromatic N) is 5. The van der Waals surface area contributed by atoms with Crippen LogP contribution < -0.4 is 15.6 Å². The molecule has 5 rings (SSSR count). The van der Waals surface area contributed by atoms with Crippen LogP contribution in [0.2, 0.25) is 0 Å². The number of nitrogens with two attached hydrogens (primary N) is 1. The van der Waals surface area contributed by atoms with Crippen molar-refractivity contribution in [1.29, 1.82) is 0 Å². The molecular formula is C22H22N7O5S2+. The van der Waals surface area contributed by atoms with Crippen molar-refractivity contribution >= 4 is 57.4 Å². The number of amides is 2. The lowest BCUT2D eigenvalue weighted by Crippen LogP contribution is -2.71. The lowest BCUT2D eigenvalue weighted by atomic mass is 10.0. The number of thioether (sulfide) groups is 1. The fraction of sp³-hybridized carbons (Fsp3) is 0.273. The lowest BCUT2D eigenvalue weighted by molar-refractivity contribution is -0.662. The summed E-state index contributed by atoms with van der Waals surface area (Å²) in [6.45, 7) is 2.30. The Morgan fingerprint density at radius 1 is 1.42 bits per heavy atom. The van der Waals surface area contributed by atoms with Gasteiger partial charge in [0.15, 0.2) is 10.8 Å². The first-order valence-corrected chi connectivity index (χ1v) is 12.7. The van der Waals surface area contributed by atoms with Crippen molar-refractivity contribution in [2.24, 2.45) is 5.16 Å². The average Bonchev–Trinajstić information content (AvgIpc) is 3.46. The van der Waals surface area contributed by atoms with Gasteiger partial charge in [0.25, 0.3) is 17.5 Å². The summed E-state index contributed by atoms with van der Waals surface area (Å²) in [5.74, 6) is -1.97. The maximum atomic E-state index is 13.1. The number of hydrogen-bond acceptors (Lipinski definition) is 9. The smallest absolute Gasteiger partial charge is 0.352 e. The third kappa shape index (κ3) is 4.07. The molecule has 2 amide bonds. The Hall–Kier alpha value is -3.91. The van der Waals surface area contributed by atoms with Crippen LogP contribution in [0.3, 0.4) is 0 Å². The van der Waals surface area contributed by atoms with Crippen LogP contribution in [0, 0.1) is 6.92 Å². The first kappa shape index (κ1) is 23.8. The molecule has 0 spiro atoms. The van der Waals surface area contributed by atoms with E-state index in [-0.39, 0.29) is 22.2 Å². The van der Waals surface area contributed by atoms with Gasteiger partial charge < -0.3 is 21.0 Å². The van der Waals surface area contributed by atoms with Gasteiger partial charge in [-0.15, -0.1) is 23.1 Å². The molecule has 0 aromatic carbocycles. The van der Waals surface area contributed by atoms with Crippen LogP contribution in [0.4, 0.5) is 5.13 Å². The summed E-state index contributed by atoms with van der Waals surface area (Å²) >= 11 is 2.53. The predicted octanol–water partition coefficient (Wildman–Crippen LogP) is 0.363. The number of aliphatic carboxylic acids is 1. The number of carboxylic acids is 1. The number of fused-ring (bicyclic) bond motifs is 2. The summed E-state index contributed by atoms with van der Waals surface area (Å²) in [6.07, 6.45) is 5.71. The van der Waals surface area contributed by atoms with Crippen molar-refractivity contribution < 1.29 is 28.9 Å². The average molecular weight is 529 g/mol. The van der Waals surface area contributed by atoms with E-state index in [0.717, 1.165) is 22.5 Å². The van der Waals surface area contributed by atoms with Gasteiger partial charge in [0.05, 0.1) is 6.20 Å². The number of aryl methyl sites for hydroxylation is 1. The fourth-order valence-corrected chi connectivity index (χ4v) is 6.12. The maximum absolute atomic E-state index is 13.1. The molecule has 3 aromatic heterocycles. The van der Waals surface area contributed by atoms with Crippen LogP contribution in [0.25, 0.3) is 5.65 Å². The number of aromatic nitrogens is 3. The first-order chi connectivity index (χ1) is 17.3. The third-order valence-corrected chi connectivity index (χ3v) is 7.89. The lowest BCUT2D eigenvalue weighted by Gasteiger charge is -2.49. The topological polar surface area (TPSA) is 156 Å². The summed E-state index contributed by atoms with van der Waals surface area (Å²) in [4.78, 5) is 48.2. The molecule has 2 aliphatic rings. The number of β-lactam (4-membered cyclic amide) rings is 1. The Bertz CT molecular complexity index is 1460. The van der Waals surface area contributed by atoms with Crippen LogP contribution in [0.1, 0.15) is 11.3 Å². The van der Waals surface area contributed by atoms with E-state index in [9.17, 15) is 19.5 Å². The second-order valence-electron chi connectivity index (χ2n) is 8.21. The van der Waals surface area contributed by atoms with E-state index in [2.05, 4.69) is 15.5 Å². The molecule has 2 aliphatic heterocycles. The van der Waals surface area contributed by atoms with E-state index in [1.54, 1.807) is 5.38 Å². The van der Waals surface area contributed by atoms with Gasteiger partial charge in [-0.2, -0.15) is 0 Å². The molecule has 4 N–H and O–H groups in total. The van der Waals surface area contributed by atoms with Gasteiger partial charge in [-0.25, -0.2) is 18.7 Å². The number of anilines is 1. The van der Waals surface area contributed by atoms with Gasteiger partial charge in [-0.1, -0.05) is 5.16 Å². The minimum Gasteiger partial charge on any atom is -0.477 e. The number of imidazole rings is 1. The molecule has 0 unspecified atom stereocenters. The molecule has 0 saturated carbocycles. The van der Waals surface area contributed by atoms with Gasteiger partial charge in [0, 0.05) is 22.8 Å². The number of thiazole rings is 1. The Morgan fingerprint density at radius 3 is 2.92 bits per heavy atom.